The maximum absolute atomic E-state index is 4.78. The van der Waals surface area contributed by atoms with Crippen molar-refractivity contribution < 1.29 is 21.1 Å². The molecule has 0 radical (unpaired) electrons. The third-order valence-corrected chi connectivity index (χ3v) is 0.136. The van der Waals surface area contributed by atoms with Gasteiger partial charge in [0.25, 0.3) is 0 Å². The van der Waals surface area contributed by atoms with Crippen molar-refractivity contribution in [1.82, 2.24) is 0 Å². The molecule has 0 nitrogen and oxygen atoms in total. The van der Waals surface area contributed by atoms with E-state index in [1.54, 1.807) is 0 Å². The first kappa shape index (κ1) is 8.95. The van der Waals surface area contributed by atoms with E-state index in [1.807, 2.05) is 0 Å². The van der Waals surface area contributed by atoms with Gasteiger partial charge in [-0.2, -0.15) is 6.58 Å². The van der Waals surface area contributed by atoms with Gasteiger partial charge in [-0.1, -0.05) is 0 Å². The molecule has 0 aliphatic heterocycles. The molecule has 0 aromatic rings. The van der Waals surface area contributed by atoms with E-state index in [1.165, 1.54) is 12.2 Å². The Balaban J connectivity index is 0. The SMILES string of the molecule is [CH-]=CC=C.[Pt]. The van der Waals surface area contributed by atoms with Crippen LogP contribution in [0.4, 0.5) is 0 Å². The Morgan fingerprint density at radius 3 is 1.80 bits per heavy atom. The average Bonchev–Trinajstić information content (AvgIpc) is 1.37. The van der Waals surface area contributed by atoms with Gasteiger partial charge in [-0.15, -0.1) is 0 Å². The minimum absolute atomic E-state index is 0. The molecule has 0 N–H and O–H groups in total. The van der Waals surface area contributed by atoms with Crippen molar-refractivity contribution in [2.24, 2.45) is 0 Å². The molecule has 0 fully saturated rings. The van der Waals surface area contributed by atoms with Gasteiger partial charge >= 0.3 is 0 Å². The van der Waals surface area contributed by atoms with Crippen molar-refractivity contribution in [3.05, 3.63) is 25.3 Å². The zero-order valence-corrected chi connectivity index (χ0v) is 5.03. The van der Waals surface area contributed by atoms with Crippen LogP contribution in [0.15, 0.2) is 18.7 Å². The molecule has 0 aliphatic rings. The number of rotatable bonds is 1. The smallest absolute Gasteiger partial charge is 0 e. The molecule has 0 bridgehead atoms. The Labute approximate surface area is 46.8 Å². The van der Waals surface area contributed by atoms with Crippen LogP contribution in [0.5, 0.6) is 0 Å². The fourth-order valence-corrected chi connectivity index (χ4v) is 0. The standard InChI is InChI=1S/C4H5.Pt/c1-3-4-2;/h1,3-4H,2H2;/q-1;. The van der Waals surface area contributed by atoms with Gasteiger partial charge < -0.3 is 0 Å². The predicted molar refractivity (Wildman–Crippen MR) is 19.1 cm³/mol. The van der Waals surface area contributed by atoms with Crippen molar-refractivity contribution in [2.45, 2.75) is 0 Å². The van der Waals surface area contributed by atoms with Crippen LogP contribution < -0.4 is 0 Å². The van der Waals surface area contributed by atoms with Crippen molar-refractivity contribution in [3.8, 4) is 0 Å². The molecule has 0 aromatic carbocycles. The first-order valence-corrected chi connectivity index (χ1v) is 1.07. The molecule has 0 amide bonds. The van der Waals surface area contributed by atoms with E-state index in [0.717, 1.165) is 0 Å². The first-order valence-electron chi connectivity index (χ1n) is 1.07. The summed E-state index contributed by atoms with van der Waals surface area (Å²) in [5.41, 5.74) is 0. The third-order valence-electron chi connectivity index (χ3n) is 0.136. The van der Waals surface area contributed by atoms with E-state index in [9.17, 15) is 0 Å². The minimum Gasteiger partial charge on any atom is -0.293 e. The Kier molecular flexibility index (Phi) is 15.9. The van der Waals surface area contributed by atoms with Gasteiger partial charge in [0.1, 0.15) is 0 Å². The van der Waals surface area contributed by atoms with Gasteiger partial charge in [0.15, 0.2) is 0 Å². The first-order chi connectivity index (χ1) is 1.91. The van der Waals surface area contributed by atoms with Gasteiger partial charge in [0, 0.05) is 21.1 Å². The van der Waals surface area contributed by atoms with E-state index in [-0.39, 0.29) is 21.1 Å². The van der Waals surface area contributed by atoms with E-state index < -0.39 is 0 Å². The summed E-state index contributed by atoms with van der Waals surface area (Å²) in [6.45, 7) is 8.08. The molecule has 32 valence electrons. The quantitative estimate of drug-likeness (QED) is 0.482. The molecular formula is C4H5Pt-. The summed E-state index contributed by atoms with van der Waals surface area (Å²) in [6, 6.07) is 0. The predicted octanol–water partition coefficient (Wildman–Crippen LogP) is 1.16. The van der Waals surface area contributed by atoms with E-state index in [4.69, 9.17) is 6.58 Å². The van der Waals surface area contributed by atoms with Crippen molar-refractivity contribution >= 4 is 0 Å². The Bertz CT molecular complexity index is 24.6. The summed E-state index contributed by atoms with van der Waals surface area (Å²) in [6.07, 6.45) is 2.92. The molecule has 0 unspecified atom stereocenters. The molecule has 0 heterocycles. The molecule has 0 saturated heterocycles. The topological polar surface area (TPSA) is 0 Å². The summed E-state index contributed by atoms with van der Waals surface area (Å²) >= 11 is 0. The number of allylic oxidation sites excluding steroid dienone is 2. The van der Waals surface area contributed by atoms with Crippen LogP contribution in [0.25, 0.3) is 0 Å². The van der Waals surface area contributed by atoms with E-state index in [0.29, 0.717) is 0 Å². The molecule has 0 atom stereocenters. The summed E-state index contributed by atoms with van der Waals surface area (Å²) < 4.78 is 0. The molecule has 0 rings (SSSR count). The third kappa shape index (κ3) is 14.4. The monoisotopic (exact) mass is 248 g/mol. The maximum atomic E-state index is 4.78. The molecule has 5 heavy (non-hydrogen) atoms. The van der Waals surface area contributed by atoms with Gasteiger partial charge in [-0.3, -0.25) is 6.58 Å². The van der Waals surface area contributed by atoms with Crippen LogP contribution in [0.3, 0.4) is 0 Å². The molecular weight excluding hydrogens is 243 g/mol. The fraction of sp³-hybridized carbons (Fsp3) is 0. The van der Waals surface area contributed by atoms with Crippen molar-refractivity contribution in [1.29, 1.82) is 0 Å². The molecule has 1 heteroatoms. The normalized spacial score (nSPS) is 4.00. The summed E-state index contributed by atoms with van der Waals surface area (Å²) in [5, 5.41) is 0. The Morgan fingerprint density at radius 1 is 1.60 bits per heavy atom. The average molecular weight is 248 g/mol. The number of hydrogen-bond acceptors (Lipinski definition) is 0. The van der Waals surface area contributed by atoms with Crippen LogP contribution >= 0.6 is 0 Å². The summed E-state index contributed by atoms with van der Waals surface area (Å²) in [7, 11) is 0. The minimum atomic E-state index is 0. The summed E-state index contributed by atoms with van der Waals surface area (Å²) in [4.78, 5) is 0. The second kappa shape index (κ2) is 8.90. The molecule has 0 saturated carbocycles. The van der Waals surface area contributed by atoms with Crippen molar-refractivity contribution in [3.63, 3.8) is 0 Å². The van der Waals surface area contributed by atoms with Gasteiger partial charge in [0.05, 0.1) is 0 Å². The van der Waals surface area contributed by atoms with E-state index >= 15 is 0 Å². The second-order valence-corrected chi connectivity index (χ2v) is 0.428. The van der Waals surface area contributed by atoms with Crippen LogP contribution in [0.1, 0.15) is 0 Å². The van der Waals surface area contributed by atoms with Gasteiger partial charge in [-0.05, 0) is 0 Å². The molecule has 0 aliphatic carbocycles. The van der Waals surface area contributed by atoms with Crippen molar-refractivity contribution in [2.75, 3.05) is 0 Å². The maximum Gasteiger partial charge on any atom is 0 e. The Hall–Kier alpha value is 0.168. The summed E-state index contributed by atoms with van der Waals surface area (Å²) in [5.74, 6) is 0. The molecule has 0 aromatic heterocycles. The van der Waals surface area contributed by atoms with E-state index in [2.05, 4.69) is 6.58 Å². The fourth-order valence-electron chi connectivity index (χ4n) is 0. The van der Waals surface area contributed by atoms with Crippen LogP contribution in [0, 0.1) is 6.58 Å². The largest absolute Gasteiger partial charge is 0.293 e. The molecule has 0 spiro atoms. The second-order valence-electron chi connectivity index (χ2n) is 0.428. The zero-order valence-electron chi connectivity index (χ0n) is 2.76. The van der Waals surface area contributed by atoms with Crippen LogP contribution in [-0.2, 0) is 21.1 Å². The zero-order chi connectivity index (χ0) is 3.41. The van der Waals surface area contributed by atoms with Crippen LogP contribution in [-0.4, -0.2) is 0 Å². The van der Waals surface area contributed by atoms with Gasteiger partial charge in [0.2, 0.25) is 0 Å². The van der Waals surface area contributed by atoms with Gasteiger partial charge in [-0.25, -0.2) is 12.2 Å². The number of hydrogen-bond donors (Lipinski definition) is 0. The Morgan fingerprint density at radius 2 is 1.80 bits per heavy atom. The van der Waals surface area contributed by atoms with Crippen LogP contribution in [0.2, 0.25) is 0 Å².